The zero-order valence-corrected chi connectivity index (χ0v) is 11.1. The van der Waals surface area contributed by atoms with Crippen LogP contribution in [0.5, 0.6) is 0 Å². The van der Waals surface area contributed by atoms with Crippen LogP contribution >= 0.6 is 0 Å². The molecule has 0 saturated carbocycles. The normalized spacial score (nSPS) is 30.5. The molecule has 1 N–H and O–H groups in total. The van der Waals surface area contributed by atoms with Crippen molar-refractivity contribution in [2.45, 2.75) is 51.7 Å². The molecule has 3 unspecified atom stereocenters. The Morgan fingerprint density at radius 3 is 3.06 bits per heavy atom. The van der Waals surface area contributed by atoms with Crippen LogP contribution in [0.15, 0.2) is 23.8 Å². The van der Waals surface area contributed by atoms with Crippen LogP contribution in [0, 0.1) is 5.92 Å². The molecule has 0 aromatic heterocycles. The monoisotopic (exact) mass is 235 g/mol. The number of fused-ring (bicyclic) bond motifs is 1. The average Bonchev–Trinajstić information content (AvgIpc) is 2.73. The maximum absolute atomic E-state index is 9.29. The Kier molecular flexibility index (Phi) is 4.41. The van der Waals surface area contributed by atoms with Crippen LogP contribution in [0.25, 0.3) is 0 Å². The largest absolute Gasteiger partial charge is 0.393 e. The summed E-state index contributed by atoms with van der Waals surface area (Å²) >= 11 is 0. The Labute approximate surface area is 105 Å². The Bertz CT molecular complexity index is 306. The second-order valence-electron chi connectivity index (χ2n) is 5.68. The fourth-order valence-electron chi connectivity index (χ4n) is 2.85. The van der Waals surface area contributed by atoms with Gasteiger partial charge in [0.1, 0.15) is 0 Å². The Morgan fingerprint density at radius 1 is 1.47 bits per heavy atom. The third-order valence-corrected chi connectivity index (χ3v) is 3.87. The molecule has 2 nitrogen and oxygen atoms in total. The van der Waals surface area contributed by atoms with E-state index in [9.17, 15) is 5.11 Å². The van der Waals surface area contributed by atoms with Crippen LogP contribution in [0.2, 0.25) is 0 Å². The van der Waals surface area contributed by atoms with Gasteiger partial charge in [-0.05, 0) is 50.6 Å². The van der Waals surface area contributed by atoms with Gasteiger partial charge in [0.05, 0.1) is 6.10 Å². The number of aliphatic hydroxyl groups excluding tert-OH is 1. The molecule has 0 aromatic carbocycles. The lowest BCUT2D eigenvalue weighted by Crippen LogP contribution is -2.32. The number of allylic oxidation sites excluding steroid dienone is 1. The van der Waals surface area contributed by atoms with E-state index >= 15 is 0 Å². The molecular formula is C15H25NO. The van der Waals surface area contributed by atoms with Gasteiger partial charge in [-0.3, -0.25) is 4.90 Å². The van der Waals surface area contributed by atoms with E-state index < -0.39 is 0 Å². The molecule has 2 aliphatic heterocycles. The molecule has 2 aliphatic rings. The first kappa shape index (κ1) is 12.8. The number of hydrogen-bond donors (Lipinski definition) is 1. The Balaban J connectivity index is 1.87. The summed E-state index contributed by atoms with van der Waals surface area (Å²) in [6, 6.07) is 0.708. The van der Waals surface area contributed by atoms with Gasteiger partial charge in [0.25, 0.3) is 0 Å². The summed E-state index contributed by atoms with van der Waals surface area (Å²) in [6.45, 7) is 6.50. The zero-order chi connectivity index (χ0) is 12.3. The highest BCUT2D eigenvalue weighted by atomic mass is 16.3. The van der Waals surface area contributed by atoms with E-state index in [0.717, 1.165) is 19.4 Å². The van der Waals surface area contributed by atoms with Crippen molar-refractivity contribution in [1.82, 2.24) is 4.90 Å². The minimum atomic E-state index is -0.166. The van der Waals surface area contributed by atoms with E-state index in [1.807, 2.05) is 6.92 Å². The summed E-state index contributed by atoms with van der Waals surface area (Å²) in [4.78, 5) is 2.58. The highest BCUT2D eigenvalue weighted by molar-refractivity contribution is 5.27. The highest BCUT2D eigenvalue weighted by Crippen LogP contribution is 2.25. The van der Waals surface area contributed by atoms with Crippen molar-refractivity contribution in [3.8, 4) is 0 Å². The van der Waals surface area contributed by atoms with Crippen LogP contribution in [0.3, 0.4) is 0 Å². The SMILES string of the molecule is CC(O)CCC(C)/C=C1/C=CC2CCCN2C1. The van der Waals surface area contributed by atoms with Gasteiger partial charge in [-0.15, -0.1) is 0 Å². The molecule has 2 heteroatoms. The van der Waals surface area contributed by atoms with Crippen molar-refractivity contribution >= 4 is 0 Å². The Hall–Kier alpha value is -0.600. The van der Waals surface area contributed by atoms with Crippen molar-refractivity contribution in [3.05, 3.63) is 23.8 Å². The quantitative estimate of drug-likeness (QED) is 0.810. The molecule has 0 spiro atoms. The van der Waals surface area contributed by atoms with E-state index in [0.29, 0.717) is 12.0 Å². The predicted molar refractivity (Wildman–Crippen MR) is 71.9 cm³/mol. The summed E-state index contributed by atoms with van der Waals surface area (Å²) in [5.41, 5.74) is 1.46. The maximum atomic E-state index is 9.29. The summed E-state index contributed by atoms with van der Waals surface area (Å²) < 4.78 is 0. The van der Waals surface area contributed by atoms with Crippen molar-refractivity contribution in [1.29, 1.82) is 0 Å². The molecule has 0 amide bonds. The van der Waals surface area contributed by atoms with E-state index in [1.54, 1.807) is 0 Å². The predicted octanol–water partition coefficient (Wildman–Crippen LogP) is 2.74. The standard InChI is InChI=1S/C15H25NO/c1-12(5-6-13(2)17)10-14-7-8-15-4-3-9-16(15)11-14/h7-8,10,12-13,15,17H,3-6,9,11H2,1-2H3/b14-10-. The number of rotatable bonds is 4. The number of nitrogens with zero attached hydrogens (tertiary/aromatic N) is 1. The smallest absolute Gasteiger partial charge is 0.0512 e. The lowest BCUT2D eigenvalue weighted by molar-refractivity contribution is 0.177. The van der Waals surface area contributed by atoms with E-state index in [4.69, 9.17) is 0 Å². The number of hydrogen-bond acceptors (Lipinski definition) is 2. The van der Waals surface area contributed by atoms with Crippen LogP contribution < -0.4 is 0 Å². The zero-order valence-electron chi connectivity index (χ0n) is 11.1. The molecule has 1 saturated heterocycles. The fourth-order valence-corrected chi connectivity index (χ4v) is 2.85. The number of aliphatic hydroxyl groups is 1. The van der Waals surface area contributed by atoms with E-state index in [2.05, 4.69) is 30.1 Å². The summed E-state index contributed by atoms with van der Waals surface area (Å²) in [7, 11) is 0. The van der Waals surface area contributed by atoms with Crippen molar-refractivity contribution in [2.24, 2.45) is 5.92 Å². The van der Waals surface area contributed by atoms with Crippen LogP contribution in [0.4, 0.5) is 0 Å². The van der Waals surface area contributed by atoms with E-state index in [1.165, 1.54) is 25.0 Å². The van der Waals surface area contributed by atoms with Gasteiger partial charge in [-0.1, -0.05) is 25.2 Å². The van der Waals surface area contributed by atoms with Gasteiger partial charge in [0.15, 0.2) is 0 Å². The first-order valence-corrected chi connectivity index (χ1v) is 6.96. The van der Waals surface area contributed by atoms with Gasteiger partial charge in [0.2, 0.25) is 0 Å². The molecule has 3 atom stereocenters. The Morgan fingerprint density at radius 2 is 2.29 bits per heavy atom. The second-order valence-corrected chi connectivity index (χ2v) is 5.68. The average molecular weight is 235 g/mol. The molecule has 2 heterocycles. The minimum Gasteiger partial charge on any atom is -0.393 e. The summed E-state index contributed by atoms with van der Waals surface area (Å²) in [5.74, 6) is 0.573. The van der Waals surface area contributed by atoms with Crippen LogP contribution in [-0.4, -0.2) is 35.2 Å². The molecule has 0 bridgehead atoms. The van der Waals surface area contributed by atoms with Gasteiger partial charge in [-0.2, -0.15) is 0 Å². The molecular weight excluding hydrogens is 210 g/mol. The van der Waals surface area contributed by atoms with E-state index in [-0.39, 0.29) is 6.10 Å². The minimum absolute atomic E-state index is 0.166. The first-order chi connectivity index (χ1) is 8.15. The summed E-state index contributed by atoms with van der Waals surface area (Å²) in [5, 5.41) is 9.29. The lowest BCUT2D eigenvalue weighted by Gasteiger charge is -2.27. The third-order valence-electron chi connectivity index (χ3n) is 3.87. The second kappa shape index (κ2) is 5.83. The molecule has 0 aromatic rings. The lowest BCUT2D eigenvalue weighted by atomic mass is 9.98. The van der Waals surface area contributed by atoms with Crippen molar-refractivity contribution in [2.75, 3.05) is 13.1 Å². The van der Waals surface area contributed by atoms with Crippen LogP contribution in [-0.2, 0) is 0 Å². The van der Waals surface area contributed by atoms with Gasteiger partial charge in [0, 0.05) is 12.6 Å². The molecule has 17 heavy (non-hydrogen) atoms. The fraction of sp³-hybridized carbons (Fsp3) is 0.733. The van der Waals surface area contributed by atoms with Crippen LogP contribution in [0.1, 0.15) is 39.5 Å². The maximum Gasteiger partial charge on any atom is 0.0512 e. The molecule has 0 aliphatic carbocycles. The topological polar surface area (TPSA) is 23.5 Å². The van der Waals surface area contributed by atoms with Crippen molar-refractivity contribution in [3.63, 3.8) is 0 Å². The first-order valence-electron chi connectivity index (χ1n) is 6.96. The van der Waals surface area contributed by atoms with Gasteiger partial charge in [-0.25, -0.2) is 0 Å². The molecule has 2 rings (SSSR count). The molecule has 96 valence electrons. The van der Waals surface area contributed by atoms with Gasteiger partial charge >= 0.3 is 0 Å². The highest BCUT2D eigenvalue weighted by Gasteiger charge is 2.25. The van der Waals surface area contributed by atoms with Gasteiger partial charge < -0.3 is 5.11 Å². The summed E-state index contributed by atoms with van der Waals surface area (Å²) in [6.07, 6.45) is 11.6. The molecule has 0 radical (unpaired) electrons. The molecule has 1 fully saturated rings. The third kappa shape index (κ3) is 3.68. The van der Waals surface area contributed by atoms with Crippen molar-refractivity contribution < 1.29 is 5.11 Å².